The van der Waals surface area contributed by atoms with Gasteiger partial charge < -0.3 is 15.5 Å². The molecule has 0 radical (unpaired) electrons. The molecule has 2 N–H and O–H groups in total. The highest BCUT2D eigenvalue weighted by Gasteiger charge is 2.24. The number of benzene rings is 2. The van der Waals surface area contributed by atoms with E-state index in [0.717, 1.165) is 34.7 Å². The summed E-state index contributed by atoms with van der Waals surface area (Å²) in [7, 11) is 1.78. The van der Waals surface area contributed by atoms with Crippen LogP contribution >= 0.6 is 11.8 Å². The summed E-state index contributed by atoms with van der Waals surface area (Å²) in [5.74, 6) is -0.0266. The predicted molar refractivity (Wildman–Crippen MR) is 106 cm³/mol. The van der Waals surface area contributed by atoms with Crippen LogP contribution in [0.5, 0.6) is 0 Å². The van der Waals surface area contributed by atoms with Gasteiger partial charge in [-0.25, -0.2) is 4.79 Å². The van der Waals surface area contributed by atoms with Gasteiger partial charge in [-0.3, -0.25) is 4.79 Å². The van der Waals surface area contributed by atoms with Crippen molar-refractivity contribution in [2.75, 3.05) is 23.8 Å². The van der Waals surface area contributed by atoms with Crippen molar-refractivity contribution in [3.63, 3.8) is 0 Å². The van der Waals surface area contributed by atoms with E-state index < -0.39 is 0 Å². The minimum Gasteiger partial charge on any atom is -0.338 e. The Morgan fingerprint density at radius 1 is 1.12 bits per heavy atom. The second-order valence-electron chi connectivity index (χ2n) is 6.23. The smallest absolute Gasteiger partial charge is 0.319 e. The van der Waals surface area contributed by atoms with Crippen LogP contribution in [0.25, 0.3) is 0 Å². The van der Waals surface area contributed by atoms with E-state index in [9.17, 15) is 9.59 Å². The molecule has 0 fully saturated rings. The lowest BCUT2D eigenvalue weighted by molar-refractivity contribution is 0.0990. The highest BCUT2D eigenvalue weighted by Crippen LogP contribution is 2.41. The van der Waals surface area contributed by atoms with Crippen molar-refractivity contribution >= 4 is 35.1 Å². The summed E-state index contributed by atoms with van der Waals surface area (Å²) >= 11 is 1.54. The van der Waals surface area contributed by atoms with Crippen molar-refractivity contribution in [1.29, 1.82) is 0 Å². The Kier molecular flexibility index (Phi) is 5.83. The molecule has 0 aromatic heterocycles. The van der Waals surface area contributed by atoms with Crippen LogP contribution in [0.3, 0.4) is 0 Å². The average Bonchev–Trinajstić information content (AvgIpc) is 2.74. The third kappa shape index (κ3) is 4.02. The second kappa shape index (κ2) is 8.27. The van der Waals surface area contributed by atoms with Crippen molar-refractivity contribution in [2.45, 2.75) is 36.0 Å². The van der Waals surface area contributed by atoms with Crippen molar-refractivity contribution in [2.24, 2.45) is 0 Å². The number of anilines is 2. The number of hydrogen-bond donors (Lipinski definition) is 2. The number of nitrogens with zero attached hydrogens (tertiary/aromatic N) is 1. The summed E-state index contributed by atoms with van der Waals surface area (Å²) in [6, 6.07) is 13.0. The zero-order chi connectivity index (χ0) is 18.5. The molecule has 0 atom stereocenters. The van der Waals surface area contributed by atoms with Gasteiger partial charge in [0, 0.05) is 29.1 Å². The van der Waals surface area contributed by atoms with E-state index in [1.807, 2.05) is 42.5 Å². The summed E-state index contributed by atoms with van der Waals surface area (Å²) in [5, 5.41) is 5.74. The van der Waals surface area contributed by atoms with Crippen LogP contribution in [0.1, 0.15) is 36.5 Å². The fraction of sp³-hybridized carbons (Fsp3) is 0.300. The molecule has 3 amide bonds. The van der Waals surface area contributed by atoms with Crippen molar-refractivity contribution in [3.8, 4) is 0 Å². The fourth-order valence-corrected chi connectivity index (χ4v) is 3.99. The zero-order valence-corrected chi connectivity index (χ0v) is 15.9. The summed E-state index contributed by atoms with van der Waals surface area (Å²) in [6.45, 7) is 2.80. The summed E-state index contributed by atoms with van der Waals surface area (Å²) in [5.41, 5.74) is 2.24. The van der Waals surface area contributed by atoms with Crippen LogP contribution < -0.4 is 15.5 Å². The van der Waals surface area contributed by atoms with E-state index in [4.69, 9.17) is 0 Å². The highest BCUT2D eigenvalue weighted by molar-refractivity contribution is 7.99. The lowest BCUT2D eigenvalue weighted by Crippen LogP contribution is -2.29. The van der Waals surface area contributed by atoms with Crippen LogP contribution in [-0.4, -0.2) is 25.5 Å². The first-order valence-corrected chi connectivity index (χ1v) is 9.65. The summed E-state index contributed by atoms with van der Waals surface area (Å²) < 4.78 is 0. The minimum atomic E-state index is -0.204. The van der Waals surface area contributed by atoms with E-state index in [0.29, 0.717) is 17.8 Å². The quantitative estimate of drug-likeness (QED) is 0.749. The fourth-order valence-electron chi connectivity index (χ4n) is 2.84. The molecule has 0 saturated carbocycles. The number of rotatable bonds is 5. The molecule has 3 rings (SSSR count). The molecular weight excluding hydrogens is 346 g/mol. The minimum absolute atomic E-state index is 0.0266. The number of nitrogens with one attached hydrogen (secondary N) is 2. The molecule has 1 heterocycles. The van der Waals surface area contributed by atoms with Gasteiger partial charge >= 0.3 is 6.03 Å². The molecule has 2 aromatic rings. The number of carbonyl (C=O) groups excluding carboxylic acids is 2. The van der Waals surface area contributed by atoms with Crippen LogP contribution in [0, 0.1) is 0 Å². The van der Waals surface area contributed by atoms with Crippen molar-refractivity contribution in [1.82, 2.24) is 5.32 Å². The van der Waals surface area contributed by atoms with Crippen LogP contribution in [0.15, 0.2) is 52.3 Å². The Hall–Kier alpha value is -2.47. The largest absolute Gasteiger partial charge is 0.338 e. The van der Waals surface area contributed by atoms with Gasteiger partial charge in [0.2, 0.25) is 0 Å². The maximum atomic E-state index is 12.7. The van der Waals surface area contributed by atoms with E-state index in [1.54, 1.807) is 23.7 Å². The average molecular weight is 369 g/mol. The summed E-state index contributed by atoms with van der Waals surface area (Å²) in [4.78, 5) is 28.2. The molecule has 0 spiro atoms. The lowest BCUT2D eigenvalue weighted by atomic mass is 10.2. The van der Waals surface area contributed by atoms with Gasteiger partial charge in [0.15, 0.2) is 0 Å². The predicted octanol–water partition coefficient (Wildman–Crippen LogP) is 4.74. The Balaban J connectivity index is 1.77. The zero-order valence-electron chi connectivity index (χ0n) is 15.0. The molecule has 0 bridgehead atoms. The molecular formula is C20H23N3O2S. The first-order valence-electron chi connectivity index (χ1n) is 8.84. The van der Waals surface area contributed by atoms with E-state index in [2.05, 4.69) is 17.6 Å². The standard InChI is InChI=1S/C20H23N3O2S/c1-3-4-7-12-21-20(25)22-14-10-11-16-18(13-14)26-17-9-6-5-8-15(17)19(24)23(16)2/h5-6,8-11,13H,3-4,7,12H2,1-2H3,(H2,21,22,25). The number of fused-ring (bicyclic) bond motifs is 2. The SMILES string of the molecule is CCCCCNC(=O)Nc1ccc2c(c1)Sc1ccccc1C(=O)N2C. The van der Waals surface area contributed by atoms with E-state index in [1.165, 1.54) is 0 Å². The molecule has 5 nitrogen and oxygen atoms in total. The van der Waals surface area contributed by atoms with Crippen LogP contribution in [0.4, 0.5) is 16.2 Å². The number of urea groups is 1. The van der Waals surface area contributed by atoms with Gasteiger partial charge in [0.25, 0.3) is 5.91 Å². The van der Waals surface area contributed by atoms with Gasteiger partial charge in [-0.1, -0.05) is 43.7 Å². The van der Waals surface area contributed by atoms with Crippen molar-refractivity contribution < 1.29 is 9.59 Å². The molecule has 2 aromatic carbocycles. The maximum Gasteiger partial charge on any atom is 0.319 e. The first kappa shape index (κ1) is 18.3. The first-order chi connectivity index (χ1) is 12.6. The number of hydrogen-bond acceptors (Lipinski definition) is 3. The topological polar surface area (TPSA) is 61.4 Å². The van der Waals surface area contributed by atoms with Gasteiger partial charge in [-0.2, -0.15) is 0 Å². The molecule has 0 unspecified atom stereocenters. The third-order valence-electron chi connectivity index (χ3n) is 4.29. The monoisotopic (exact) mass is 369 g/mol. The van der Waals surface area contributed by atoms with Gasteiger partial charge in [0.05, 0.1) is 11.3 Å². The maximum absolute atomic E-state index is 12.7. The lowest BCUT2D eigenvalue weighted by Gasteiger charge is -2.18. The van der Waals surface area contributed by atoms with Crippen LogP contribution in [-0.2, 0) is 0 Å². The van der Waals surface area contributed by atoms with Crippen molar-refractivity contribution in [3.05, 3.63) is 48.0 Å². The number of carbonyl (C=O) groups is 2. The Labute approximate surface area is 158 Å². The number of unbranched alkanes of at least 4 members (excludes halogenated alkanes) is 2. The van der Waals surface area contributed by atoms with Gasteiger partial charge in [-0.15, -0.1) is 0 Å². The molecule has 136 valence electrons. The highest BCUT2D eigenvalue weighted by atomic mass is 32.2. The number of amides is 3. The van der Waals surface area contributed by atoms with E-state index in [-0.39, 0.29) is 11.9 Å². The normalized spacial score (nSPS) is 12.8. The Morgan fingerprint density at radius 3 is 2.73 bits per heavy atom. The Morgan fingerprint density at radius 2 is 1.92 bits per heavy atom. The molecule has 1 aliphatic heterocycles. The van der Waals surface area contributed by atoms with Gasteiger partial charge in [0.1, 0.15) is 0 Å². The molecule has 0 aliphatic carbocycles. The molecule has 0 saturated heterocycles. The molecule has 1 aliphatic rings. The second-order valence-corrected chi connectivity index (χ2v) is 7.32. The molecule has 6 heteroatoms. The third-order valence-corrected chi connectivity index (χ3v) is 5.41. The Bertz CT molecular complexity index is 822. The van der Waals surface area contributed by atoms with E-state index >= 15 is 0 Å². The van der Waals surface area contributed by atoms with Gasteiger partial charge in [-0.05, 0) is 36.8 Å². The summed E-state index contributed by atoms with van der Waals surface area (Å²) in [6.07, 6.45) is 3.21. The molecule has 26 heavy (non-hydrogen) atoms. The van der Waals surface area contributed by atoms with Crippen LogP contribution in [0.2, 0.25) is 0 Å².